The van der Waals surface area contributed by atoms with Gasteiger partial charge in [-0.1, -0.05) is 133 Å². The average Bonchev–Trinajstić information content (AvgIpc) is 3.56. The Hall–Kier alpha value is -6.58. The van der Waals surface area contributed by atoms with Crippen molar-refractivity contribution in [2.75, 3.05) is 10.2 Å². The molecule has 0 aliphatic carbocycles. The van der Waals surface area contributed by atoms with Crippen molar-refractivity contribution in [3.05, 3.63) is 188 Å². The number of anilines is 5. The second kappa shape index (κ2) is 12.2. The second-order valence-electron chi connectivity index (χ2n) is 12.2. The Morgan fingerprint density at radius 2 is 1.00 bits per heavy atom. The SMILES string of the molecule is c1ccc(-c2ccccc2Nc2ccc(N(c3ccc(-c4cccc5c4oc4ccccc45)cc3)c3cccc4ccccc34)cc2)cc1. The Labute approximate surface area is 285 Å². The van der Waals surface area contributed by atoms with E-state index in [4.69, 9.17) is 4.42 Å². The van der Waals surface area contributed by atoms with Crippen LogP contribution >= 0.6 is 0 Å². The molecule has 1 aromatic heterocycles. The minimum Gasteiger partial charge on any atom is -0.455 e. The van der Waals surface area contributed by atoms with E-state index in [1.165, 1.54) is 21.9 Å². The van der Waals surface area contributed by atoms with E-state index in [0.29, 0.717) is 0 Å². The first-order chi connectivity index (χ1) is 24.3. The van der Waals surface area contributed by atoms with Crippen LogP contribution in [0.5, 0.6) is 0 Å². The van der Waals surface area contributed by atoms with E-state index in [1.807, 2.05) is 12.1 Å². The second-order valence-corrected chi connectivity index (χ2v) is 12.2. The van der Waals surface area contributed by atoms with Gasteiger partial charge in [0, 0.05) is 50.0 Å². The predicted octanol–water partition coefficient (Wildman–Crippen LogP) is 13.3. The Morgan fingerprint density at radius 1 is 0.408 bits per heavy atom. The van der Waals surface area contributed by atoms with Gasteiger partial charge in [-0.05, 0) is 71.1 Å². The maximum Gasteiger partial charge on any atom is 0.143 e. The van der Waals surface area contributed by atoms with Crippen molar-refractivity contribution >= 4 is 61.1 Å². The third-order valence-corrected chi connectivity index (χ3v) is 9.26. The number of nitrogens with zero attached hydrogens (tertiary/aromatic N) is 1. The fourth-order valence-corrected chi connectivity index (χ4v) is 6.91. The van der Waals surface area contributed by atoms with Crippen molar-refractivity contribution < 1.29 is 4.42 Å². The molecule has 0 radical (unpaired) electrons. The summed E-state index contributed by atoms with van der Waals surface area (Å²) >= 11 is 0. The molecule has 0 spiro atoms. The lowest BCUT2D eigenvalue weighted by Crippen LogP contribution is -2.10. The molecule has 9 aromatic rings. The first-order valence-electron chi connectivity index (χ1n) is 16.6. The lowest BCUT2D eigenvalue weighted by atomic mass is 10.0. The number of fused-ring (bicyclic) bond motifs is 4. The van der Waals surface area contributed by atoms with Crippen LogP contribution < -0.4 is 10.2 Å². The zero-order valence-corrected chi connectivity index (χ0v) is 26.8. The molecule has 8 aromatic carbocycles. The Bertz CT molecular complexity index is 2560. The Morgan fingerprint density at radius 3 is 1.84 bits per heavy atom. The average molecular weight is 629 g/mol. The third-order valence-electron chi connectivity index (χ3n) is 9.26. The molecule has 0 saturated heterocycles. The summed E-state index contributed by atoms with van der Waals surface area (Å²) in [4.78, 5) is 2.34. The number of benzene rings is 8. The molecule has 9 rings (SSSR count). The Balaban J connectivity index is 1.10. The molecular weight excluding hydrogens is 597 g/mol. The fourth-order valence-electron chi connectivity index (χ4n) is 6.91. The molecule has 0 aliphatic rings. The van der Waals surface area contributed by atoms with Crippen LogP contribution in [0.3, 0.4) is 0 Å². The molecule has 0 amide bonds. The van der Waals surface area contributed by atoms with Crippen molar-refractivity contribution in [1.82, 2.24) is 0 Å². The van der Waals surface area contributed by atoms with E-state index in [1.54, 1.807) is 0 Å². The van der Waals surface area contributed by atoms with Gasteiger partial charge in [-0.2, -0.15) is 0 Å². The fraction of sp³-hybridized carbons (Fsp3) is 0. The topological polar surface area (TPSA) is 28.4 Å². The molecule has 1 heterocycles. The summed E-state index contributed by atoms with van der Waals surface area (Å²) in [5, 5.41) is 8.34. The number of para-hydroxylation sites is 3. The maximum absolute atomic E-state index is 6.37. The van der Waals surface area contributed by atoms with Gasteiger partial charge < -0.3 is 14.6 Å². The smallest absolute Gasteiger partial charge is 0.143 e. The highest BCUT2D eigenvalue weighted by Gasteiger charge is 2.17. The molecular formula is C46H32N2O. The number of rotatable bonds is 7. The van der Waals surface area contributed by atoms with Crippen molar-refractivity contribution in [1.29, 1.82) is 0 Å². The van der Waals surface area contributed by atoms with Crippen LogP contribution in [0.25, 0.3) is 55.0 Å². The quantitative estimate of drug-likeness (QED) is 0.190. The molecule has 0 atom stereocenters. The number of furan rings is 1. The van der Waals surface area contributed by atoms with Crippen LogP contribution in [0.15, 0.2) is 192 Å². The summed E-state index contributed by atoms with van der Waals surface area (Å²) in [7, 11) is 0. The van der Waals surface area contributed by atoms with Crippen LogP contribution in [0.1, 0.15) is 0 Å². The van der Waals surface area contributed by atoms with Crippen molar-refractivity contribution in [2.24, 2.45) is 0 Å². The molecule has 1 N–H and O–H groups in total. The highest BCUT2D eigenvalue weighted by atomic mass is 16.3. The van der Waals surface area contributed by atoms with E-state index < -0.39 is 0 Å². The van der Waals surface area contributed by atoms with Gasteiger partial charge >= 0.3 is 0 Å². The van der Waals surface area contributed by atoms with Gasteiger partial charge in [0.1, 0.15) is 11.2 Å². The van der Waals surface area contributed by atoms with E-state index >= 15 is 0 Å². The van der Waals surface area contributed by atoms with Gasteiger partial charge in [0.2, 0.25) is 0 Å². The first kappa shape index (κ1) is 28.6. The largest absolute Gasteiger partial charge is 0.455 e. The zero-order chi connectivity index (χ0) is 32.6. The Kier molecular flexibility index (Phi) is 7.14. The molecule has 232 valence electrons. The van der Waals surface area contributed by atoms with E-state index in [0.717, 1.165) is 61.5 Å². The van der Waals surface area contributed by atoms with Crippen molar-refractivity contribution in [3.8, 4) is 22.3 Å². The summed E-state index contributed by atoms with van der Waals surface area (Å²) < 4.78 is 6.37. The van der Waals surface area contributed by atoms with Gasteiger partial charge in [-0.3, -0.25) is 0 Å². The summed E-state index contributed by atoms with van der Waals surface area (Å²) in [6, 6.07) is 66.2. The van der Waals surface area contributed by atoms with Crippen LogP contribution in [0.4, 0.5) is 28.4 Å². The zero-order valence-electron chi connectivity index (χ0n) is 26.8. The lowest BCUT2D eigenvalue weighted by Gasteiger charge is -2.27. The minimum absolute atomic E-state index is 0.908. The summed E-state index contributed by atoms with van der Waals surface area (Å²) in [5.41, 5.74) is 11.8. The van der Waals surface area contributed by atoms with Crippen molar-refractivity contribution in [2.45, 2.75) is 0 Å². The molecule has 0 saturated carbocycles. The number of nitrogens with one attached hydrogen (secondary N) is 1. The number of hydrogen-bond acceptors (Lipinski definition) is 3. The molecule has 3 heteroatoms. The van der Waals surface area contributed by atoms with Crippen LogP contribution in [-0.4, -0.2) is 0 Å². The third kappa shape index (κ3) is 5.28. The summed E-state index contributed by atoms with van der Waals surface area (Å²) in [6.45, 7) is 0. The molecule has 49 heavy (non-hydrogen) atoms. The molecule has 0 unspecified atom stereocenters. The van der Waals surface area contributed by atoms with Gasteiger partial charge in [-0.25, -0.2) is 0 Å². The van der Waals surface area contributed by atoms with Crippen LogP contribution in [0, 0.1) is 0 Å². The standard InChI is InChI=1S/C46H32N2O/c1-2-12-32(13-3-1)38-16-6-8-21-43(38)47-35-26-30-37(31-27-35)48(44-22-10-15-33-14-4-5-17-39(33)44)36-28-24-34(25-29-36)40-19-11-20-42-41-18-7-9-23-45(41)49-46(40)42/h1-31,47H. The van der Waals surface area contributed by atoms with E-state index in [9.17, 15) is 0 Å². The van der Waals surface area contributed by atoms with E-state index in [-0.39, 0.29) is 0 Å². The van der Waals surface area contributed by atoms with Gasteiger partial charge in [-0.15, -0.1) is 0 Å². The maximum atomic E-state index is 6.37. The van der Waals surface area contributed by atoms with Gasteiger partial charge in [0.25, 0.3) is 0 Å². The van der Waals surface area contributed by atoms with E-state index in [2.05, 4.69) is 186 Å². The first-order valence-corrected chi connectivity index (χ1v) is 16.6. The predicted molar refractivity (Wildman–Crippen MR) is 207 cm³/mol. The highest BCUT2D eigenvalue weighted by Crippen LogP contribution is 2.41. The molecule has 0 aliphatic heterocycles. The molecule has 0 bridgehead atoms. The molecule has 3 nitrogen and oxygen atoms in total. The van der Waals surface area contributed by atoms with Crippen LogP contribution in [0.2, 0.25) is 0 Å². The lowest BCUT2D eigenvalue weighted by molar-refractivity contribution is 0.670. The van der Waals surface area contributed by atoms with Gasteiger partial charge in [0.15, 0.2) is 0 Å². The minimum atomic E-state index is 0.908. The van der Waals surface area contributed by atoms with Crippen molar-refractivity contribution in [3.63, 3.8) is 0 Å². The number of hydrogen-bond donors (Lipinski definition) is 1. The summed E-state index contributed by atoms with van der Waals surface area (Å²) in [6.07, 6.45) is 0. The summed E-state index contributed by atoms with van der Waals surface area (Å²) in [5.74, 6) is 0. The normalized spacial score (nSPS) is 11.3. The van der Waals surface area contributed by atoms with Gasteiger partial charge in [0.05, 0.1) is 5.69 Å². The monoisotopic (exact) mass is 628 g/mol. The molecule has 0 fully saturated rings. The highest BCUT2D eigenvalue weighted by molar-refractivity contribution is 6.09. The van der Waals surface area contributed by atoms with Crippen LogP contribution in [-0.2, 0) is 0 Å².